The molecule has 1 heterocycles. The molecule has 3 heteroatoms. The van der Waals surface area contributed by atoms with Crippen molar-refractivity contribution in [2.45, 2.75) is 44.8 Å². The molecule has 0 aliphatic carbocycles. The van der Waals surface area contributed by atoms with Crippen molar-refractivity contribution in [2.24, 2.45) is 5.92 Å². The maximum absolute atomic E-state index is 3.55. The Morgan fingerprint density at radius 1 is 1.21 bits per heavy atom. The molecule has 2 atom stereocenters. The minimum Gasteiger partial charge on any atom is -0.314 e. The van der Waals surface area contributed by atoms with Crippen LogP contribution in [0, 0.1) is 5.92 Å². The van der Waals surface area contributed by atoms with E-state index in [0.29, 0.717) is 12.0 Å². The van der Waals surface area contributed by atoms with Gasteiger partial charge in [0.1, 0.15) is 0 Å². The fourth-order valence-electron chi connectivity index (χ4n) is 2.58. The zero-order chi connectivity index (χ0) is 10.6. The number of rotatable bonds is 2. The second-order valence-corrected chi connectivity index (χ2v) is 4.57. The lowest BCUT2D eigenvalue weighted by atomic mass is 9.83. The third-order valence-electron chi connectivity index (χ3n) is 3.67. The first-order valence-corrected chi connectivity index (χ1v) is 5.76. The van der Waals surface area contributed by atoms with Gasteiger partial charge in [-0.15, -0.1) is 0 Å². The van der Waals surface area contributed by atoms with Gasteiger partial charge in [0, 0.05) is 6.04 Å². The van der Waals surface area contributed by atoms with Crippen molar-refractivity contribution in [1.29, 1.82) is 0 Å². The molecule has 1 rings (SSSR count). The van der Waals surface area contributed by atoms with E-state index in [0.717, 1.165) is 13.0 Å². The first-order valence-electron chi connectivity index (χ1n) is 5.76. The molecular formula is C11H25N3. The standard InChI is InChI=1S/C11H25N3/c1-9-6-5-7-14-10(2)8-11(9,12-3)13-4/h9-10,12-14H,5-8H2,1-4H3. The Bertz CT molecular complexity index is 166. The fourth-order valence-corrected chi connectivity index (χ4v) is 2.58. The lowest BCUT2D eigenvalue weighted by molar-refractivity contribution is 0.141. The summed E-state index contributed by atoms with van der Waals surface area (Å²) in [5.41, 5.74) is 0.104. The van der Waals surface area contributed by atoms with Crippen LogP contribution >= 0.6 is 0 Å². The van der Waals surface area contributed by atoms with E-state index >= 15 is 0 Å². The Morgan fingerprint density at radius 3 is 2.43 bits per heavy atom. The summed E-state index contributed by atoms with van der Waals surface area (Å²) in [5.74, 6) is 0.682. The Hall–Kier alpha value is -0.120. The van der Waals surface area contributed by atoms with Crippen LogP contribution in [0.2, 0.25) is 0 Å². The van der Waals surface area contributed by atoms with Crippen LogP contribution in [-0.2, 0) is 0 Å². The molecule has 0 spiro atoms. The molecule has 14 heavy (non-hydrogen) atoms. The van der Waals surface area contributed by atoms with E-state index < -0.39 is 0 Å². The molecule has 2 unspecified atom stereocenters. The van der Waals surface area contributed by atoms with E-state index in [1.165, 1.54) is 12.8 Å². The molecule has 1 saturated heterocycles. The van der Waals surface area contributed by atoms with Gasteiger partial charge in [0.05, 0.1) is 5.66 Å². The maximum atomic E-state index is 3.55. The van der Waals surface area contributed by atoms with Gasteiger partial charge in [0.15, 0.2) is 0 Å². The van der Waals surface area contributed by atoms with Gasteiger partial charge in [-0.1, -0.05) is 6.92 Å². The summed E-state index contributed by atoms with van der Waals surface area (Å²) < 4.78 is 0. The van der Waals surface area contributed by atoms with Crippen molar-refractivity contribution < 1.29 is 0 Å². The summed E-state index contributed by atoms with van der Waals surface area (Å²) >= 11 is 0. The van der Waals surface area contributed by atoms with Crippen molar-refractivity contribution in [3.8, 4) is 0 Å². The molecule has 0 saturated carbocycles. The average molecular weight is 199 g/mol. The number of hydrogen-bond acceptors (Lipinski definition) is 3. The maximum Gasteiger partial charge on any atom is 0.0723 e. The predicted octanol–water partition coefficient (Wildman–Crippen LogP) is 0.920. The molecule has 1 aliphatic heterocycles. The van der Waals surface area contributed by atoms with Gasteiger partial charge < -0.3 is 16.0 Å². The molecule has 84 valence electrons. The summed E-state index contributed by atoms with van der Waals surface area (Å²) in [6.07, 6.45) is 3.69. The molecule has 0 aromatic rings. The van der Waals surface area contributed by atoms with Gasteiger partial charge in [0.25, 0.3) is 0 Å². The molecule has 3 N–H and O–H groups in total. The molecule has 0 bridgehead atoms. The molecule has 0 radical (unpaired) electrons. The highest BCUT2D eigenvalue weighted by molar-refractivity contribution is 4.92. The Balaban J connectivity index is 2.73. The van der Waals surface area contributed by atoms with Crippen molar-refractivity contribution in [1.82, 2.24) is 16.0 Å². The molecule has 1 fully saturated rings. The van der Waals surface area contributed by atoms with Crippen molar-refractivity contribution in [3.63, 3.8) is 0 Å². The van der Waals surface area contributed by atoms with Gasteiger partial charge in [-0.3, -0.25) is 0 Å². The van der Waals surface area contributed by atoms with Gasteiger partial charge in [-0.2, -0.15) is 0 Å². The zero-order valence-corrected chi connectivity index (χ0v) is 9.98. The molecular weight excluding hydrogens is 174 g/mol. The van der Waals surface area contributed by atoms with Gasteiger partial charge in [0.2, 0.25) is 0 Å². The van der Waals surface area contributed by atoms with E-state index in [-0.39, 0.29) is 5.66 Å². The molecule has 3 nitrogen and oxygen atoms in total. The quantitative estimate of drug-likeness (QED) is 0.579. The second kappa shape index (κ2) is 5.10. The van der Waals surface area contributed by atoms with Crippen LogP contribution in [0.15, 0.2) is 0 Å². The van der Waals surface area contributed by atoms with Crippen LogP contribution in [0.4, 0.5) is 0 Å². The third-order valence-corrected chi connectivity index (χ3v) is 3.67. The van der Waals surface area contributed by atoms with Crippen molar-refractivity contribution in [3.05, 3.63) is 0 Å². The van der Waals surface area contributed by atoms with Gasteiger partial charge in [-0.05, 0) is 52.7 Å². The normalized spacial score (nSPS) is 33.4. The summed E-state index contributed by atoms with van der Waals surface area (Å²) in [6.45, 7) is 5.77. The van der Waals surface area contributed by atoms with Gasteiger partial charge >= 0.3 is 0 Å². The van der Waals surface area contributed by atoms with Crippen molar-refractivity contribution in [2.75, 3.05) is 20.6 Å². The Labute approximate surface area is 88.0 Å². The second-order valence-electron chi connectivity index (χ2n) is 4.57. The zero-order valence-electron chi connectivity index (χ0n) is 9.98. The minimum absolute atomic E-state index is 0.104. The largest absolute Gasteiger partial charge is 0.314 e. The molecule has 0 amide bonds. The van der Waals surface area contributed by atoms with Crippen LogP contribution in [0.3, 0.4) is 0 Å². The molecule has 0 aromatic heterocycles. The van der Waals surface area contributed by atoms with E-state index in [9.17, 15) is 0 Å². The van der Waals surface area contributed by atoms with E-state index in [4.69, 9.17) is 0 Å². The Morgan fingerprint density at radius 2 is 1.86 bits per heavy atom. The first kappa shape index (κ1) is 12.0. The third kappa shape index (κ3) is 2.47. The summed E-state index contributed by atoms with van der Waals surface area (Å²) in [4.78, 5) is 0. The predicted molar refractivity (Wildman–Crippen MR) is 61.3 cm³/mol. The highest BCUT2D eigenvalue weighted by atomic mass is 15.2. The van der Waals surface area contributed by atoms with Crippen LogP contribution in [0.5, 0.6) is 0 Å². The molecule has 1 aliphatic rings. The summed E-state index contributed by atoms with van der Waals surface area (Å²) in [5, 5.41) is 10.5. The average Bonchev–Trinajstić information content (AvgIpc) is 2.18. The topological polar surface area (TPSA) is 36.1 Å². The van der Waals surface area contributed by atoms with E-state index in [1.54, 1.807) is 0 Å². The van der Waals surface area contributed by atoms with Crippen LogP contribution in [0.1, 0.15) is 33.1 Å². The summed E-state index contributed by atoms with van der Waals surface area (Å²) in [7, 11) is 4.11. The SMILES string of the molecule is CNC1(NC)CC(C)NCCCC1C. The van der Waals surface area contributed by atoms with Crippen LogP contribution in [-0.4, -0.2) is 32.3 Å². The smallest absolute Gasteiger partial charge is 0.0723 e. The van der Waals surface area contributed by atoms with Gasteiger partial charge in [-0.25, -0.2) is 0 Å². The Kier molecular flexibility index (Phi) is 4.35. The van der Waals surface area contributed by atoms with Crippen molar-refractivity contribution >= 4 is 0 Å². The number of nitrogens with one attached hydrogen (secondary N) is 3. The minimum atomic E-state index is 0.104. The number of hydrogen-bond donors (Lipinski definition) is 3. The van der Waals surface area contributed by atoms with E-state index in [1.807, 2.05) is 0 Å². The first-order chi connectivity index (χ1) is 6.64. The lowest BCUT2D eigenvalue weighted by Gasteiger charge is -2.42. The van der Waals surface area contributed by atoms with Crippen LogP contribution in [0.25, 0.3) is 0 Å². The fraction of sp³-hybridized carbons (Fsp3) is 1.00. The summed E-state index contributed by atoms with van der Waals surface area (Å²) in [6, 6.07) is 0.581. The monoisotopic (exact) mass is 199 g/mol. The lowest BCUT2D eigenvalue weighted by Crippen LogP contribution is -2.61. The van der Waals surface area contributed by atoms with Crippen LogP contribution < -0.4 is 16.0 Å². The highest BCUT2D eigenvalue weighted by Crippen LogP contribution is 2.25. The van der Waals surface area contributed by atoms with E-state index in [2.05, 4.69) is 43.9 Å². The molecule has 0 aromatic carbocycles. The highest BCUT2D eigenvalue weighted by Gasteiger charge is 2.34.